The Morgan fingerprint density at radius 1 is 1.45 bits per heavy atom. The Balaban J connectivity index is 3.20. The monoisotopic (exact) mass is 172 g/mol. The van der Waals surface area contributed by atoms with Crippen molar-refractivity contribution in [3.05, 3.63) is 24.3 Å². The third-order valence-electron chi connectivity index (χ3n) is 1.10. The summed E-state index contributed by atoms with van der Waals surface area (Å²) >= 11 is 0. The summed E-state index contributed by atoms with van der Waals surface area (Å²) in [4.78, 5) is -0.0599. The van der Waals surface area contributed by atoms with Gasteiger partial charge in [-0.2, -0.15) is 0 Å². The van der Waals surface area contributed by atoms with Crippen molar-refractivity contribution in [3.8, 4) is 5.75 Å². The van der Waals surface area contributed by atoms with Crippen LogP contribution in [0.15, 0.2) is 23.1 Å². The van der Waals surface area contributed by atoms with Crippen molar-refractivity contribution >= 4 is 10.0 Å². The molecule has 0 aromatic heterocycles. The zero-order valence-electron chi connectivity index (χ0n) is 5.48. The molecule has 0 heterocycles. The lowest BCUT2D eigenvalue weighted by atomic mass is 10.3. The number of primary sulfonamides is 1. The zero-order chi connectivity index (χ0) is 8.48. The molecule has 0 aliphatic carbocycles. The third-order valence-corrected chi connectivity index (χ3v) is 2.01. The zero-order valence-corrected chi connectivity index (χ0v) is 6.30. The molecule has 1 radical (unpaired) electrons. The van der Waals surface area contributed by atoms with Crippen LogP contribution in [0.2, 0.25) is 0 Å². The highest BCUT2D eigenvalue weighted by Gasteiger charge is 2.05. The third kappa shape index (κ3) is 1.92. The summed E-state index contributed by atoms with van der Waals surface area (Å²) in [7, 11) is -3.66. The Morgan fingerprint density at radius 2 is 2.09 bits per heavy atom. The van der Waals surface area contributed by atoms with E-state index in [9.17, 15) is 8.42 Å². The van der Waals surface area contributed by atoms with Crippen LogP contribution in [0.25, 0.3) is 0 Å². The summed E-state index contributed by atoms with van der Waals surface area (Å²) in [5, 5.41) is 13.5. The van der Waals surface area contributed by atoms with E-state index in [4.69, 9.17) is 10.2 Å². The molecule has 11 heavy (non-hydrogen) atoms. The highest BCUT2D eigenvalue weighted by molar-refractivity contribution is 7.89. The summed E-state index contributed by atoms with van der Waals surface area (Å²) in [6.07, 6.45) is 0. The van der Waals surface area contributed by atoms with Gasteiger partial charge in [-0.15, -0.1) is 0 Å². The number of phenolic OH excluding ortho intramolecular Hbond substituents is 1. The Labute approximate surface area is 64.3 Å². The Hall–Kier alpha value is -1.07. The largest absolute Gasteiger partial charge is 0.507 e. The van der Waals surface area contributed by atoms with E-state index in [1.54, 1.807) is 0 Å². The van der Waals surface area contributed by atoms with Crippen LogP contribution in [0.5, 0.6) is 5.75 Å². The standard InChI is InChI=1S/C6H6NO3S/c7-11(9,10)6-3-1-5(8)2-4-6/h1,3-4,8H,(H2,7,9,10). The van der Waals surface area contributed by atoms with Crippen molar-refractivity contribution in [2.45, 2.75) is 4.90 Å². The number of hydrogen-bond donors (Lipinski definition) is 2. The van der Waals surface area contributed by atoms with Gasteiger partial charge in [0.2, 0.25) is 10.0 Å². The van der Waals surface area contributed by atoms with E-state index in [1.165, 1.54) is 12.1 Å². The molecule has 1 aromatic rings. The van der Waals surface area contributed by atoms with E-state index in [0.29, 0.717) is 0 Å². The average molecular weight is 172 g/mol. The Bertz CT molecular complexity index is 341. The van der Waals surface area contributed by atoms with E-state index >= 15 is 0 Å². The molecular formula is C6H6NO3S. The van der Waals surface area contributed by atoms with Gasteiger partial charge in [-0.1, -0.05) is 0 Å². The fourth-order valence-electron chi connectivity index (χ4n) is 0.579. The van der Waals surface area contributed by atoms with Crippen LogP contribution in [0.4, 0.5) is 0 Å². The molecule has 0 aliphatic rings. The van der Waals surface area contributed by atoms with Crippen LogP contribution < -0.4 is 5.14 Å². The van der Waals surface area contributed by atoms with Gasteiger partial charge in [0.15, 0.2) is 0 Å². The smallest absolute Gasteiger partial charge is 0.238 e. The van der Waals surface area contributed by atoms with E-state index in [0.717, 1.165) is 6.07 Å². The van der Waals surface area contributed by atoms with Crippen molar-refractivity contribution in [3.63, 3.8) is 0 Å². The molecule has 0 aliphatic heterocycles. The summed E-state index contributed by atoms with van der Waals surface area (Å²) < 4.78 is 21.2. The first-order valence-corrected chi connectivity index (χ1v) is 4.28. The van der Waals surface area contributed by atoms with Gasteiger partial charge in [-0.3, -0.25) is 0 Å². The quantitative estimate of drug-likeness (QED) is 0.617. The number of nitrogens with two attached hydrogens (primary N) is 1. The van der Waals surface area contributed by atoms with Crippen molar-refractivity contribution < 1.29 is 13.5 Å². The number of hydrogen-bond acceptors (Lipinski definition) is 3. The second kappa shape index (κ2) is 2.52. The normalized spacial score (nSPS) is 11.4. The summed E-state index contributed by atoms with van der Waals surface area (Å²) in [5.41, 5.74) is 0. The highest BCUT2D eigenvalue weighted by atomic mass is 32.2. The van der Waals surface area contributed by atoms with E-state index < -0.39 is 10.0 Å². The van der Waals surface area contributed by atoms with Crippen molar-refractivity contribution in [1.29, 1.82) is 0 Å². The first kappa shape index (κ1) is 8.03. The number of sulfonamides is 1. The first-order valence-electron chi connectivity index (χ1n) is 2.73. The lowest BCUT2D eigenvalue weighted by Gasteiger charge is -1.95. The maximum absolute atomic E-state index is 10.6. The fourth-order valence-corrected chi connectivity index (χ4v) is 1.06. The molecular weight excluding hydrogens is 166 g/mol. The van der Waals surface area contributed by atoms with Gasteiger partial charge in [-0.25, -0.2) is 13.6 Å². The number of aromatic hydroxyl groups is 1. The van der Waals surface area contributed by atoms with Gasteiger partial charge in [0.1, 0.15) is 5.75 Å². The van der Waals surface area contributed by atoms with Crippen LogP contribution in [0.3, 0.4) is 0 Å². The number of benzene rings is 1. The molecule has 0 saturated heterocycles. The fraction of sp³-hybridized carbons (Fsp3) is 0. The molecule has 1 rings (SSSR count). The molecule has 0 bridgehead atoms. The molecule has 4 nitrogen and oxygen atoms in total. The molecule has 0 saturated carbocycles. The molecule has 0 atom stereocenters. The SMILES string of the molecule is NS(=O)(=O)c1c[c]c(O)cc1. The number of rotatable bonds is 1. The predicted molar refractivity (Wildman–Crippen MR) is 38.3 cm³/mol. The average Bonchev–Trinajstić information content (AvgIpc) is 1.86. The minimum absolute atomic E-state index is 0.0599. The van der Waals surface area contributed by atoms with Gasteiger partial charge in [0, 0.05) is 6.07 Å². The Morgan fingerprint density at radius 3 is 2.45 bits per heavy atom. The molecule has 0 spiro atoms. The van der Waals surface area contributed by atoms with Gasteiger partial charge < -0.3 is 5.11 Å². The van der Waals surface area contributed by atoms with Crippen molar-refractivity contribution in [2.24, 2.45) is 5.14 Å². The maximum Gasteiger partial charge on any atom is 0.238 e. The lowest BCUT2D eigenvalue weighted by molar-refractivity contribution is 0.473. The topological polar surface area (TPSA) is 80.4 Å². The second-order valence-electron chi connectivity index (χ2n) is 1.95. The molecule has 3 N–H and O–H groups in total. The van der Waals surface area contributed by atoms with E-state index in [-0.39, 0.29) is 10.6 Å². The van der Waals surface area contributed by atoms with Crippen LogP contribution in [-0.2, 0) is 10.0 Å². The second-order valence-corrected chi connectivity index (χ2v) is 3.52. The van der Waals surface area contributed by atoms with Crippen LogP contribution in [0, 0.1) is 6.07 Å². The van der Waals surface area contributed by atoms with Gasteiger partial charge >= 0.3 is 0 Å². The van der Waals surface area contributed by atoms with E-state index in [1.807, 2.05) is 0 Å². The predicted octanol–water partition coefficient (Wildman–Crippen LogP) is -0.160. The Kier molecular flexibility index (Phi) is 1.84. The van der Waals surface area contributed by atoms with Gasteiger partial charge in [0.05, 0.1) is 4.90 Å². The molecule has 0 fully saturated rings. The molecule has 1 aromatic carbocycles. The minimum atomic E-state index is -3.66. The van der Waals surface area contributed by atoms with Crippen LogP contribution in [-0.4, -0.2) is 13.5 Å². The highest BCUT2D eigenvalue weighted by Crippen LogP contribution is 2.11. The van der Waals surface area contributed by atoms with Gasteiger partial charge in [0.25, 0.3) is 0 Å². The molecule has 0 amide bonds. The molecule has 59 valence electrons. The minimum Gasteiger partial charge on any atom is -0.507 e. The van der Waals surface area contributed by atoms with Crippen molar-refractivity contribution in [1.82, 2.24) is 0 Å². The van der Waals surface area contributed by atoms with Crippen LogP contribution >= 0.6 is 0 Å². The summed E-state index contributed by atoms with van der Waals surface area (Å²) in [5.74, 6) is -0.114. The summed E-state index contributed by atoms with van der Waals surface area (Å²) in [6, 6.07) is 5.84. The van der Waals surface area contributed by atoms with Crippen LogP contribution in [0.1, 0.15) is 0 Å². The number of phenols is 1. The first-order chi connectivity index (χ1) is 5.00. The maximum atomic E-state index is 10.6. The van der Waals surface area contributed by atoms with E-state index in [2.05, 4.69) is 6.07 Å². The summed E-state index contributed by atoms with van der Waals surface area (Å²) in [6.45, 7) is 0. The van der Waals surface area contributed by atoms with Crippen molar-refractivity contribution in [2.75, 3.05) is 0 Å². The molecule has 5 heteroatoms. The van der Waals surface area contributed by atoms with Gasteiger partial charge in [-0.05, 0) is 18.2 Å². The molecule has 0 unspecified atom stereocenters. The lowest BCUT2D eigenvalue weighted by Crippen LogP contribution is -2.11.